The van der Waals surface area contributed by atoms with Crippen molar-refractivity contribution in [2.45, 2.75) is 19.8 Å². The molecule has 0 fully saturated rings. The number of carbonyl (C=O) groups is 2. The van der Waals surface area contributed by atoms with Gasteiger partial charge in [0.05, 0.1) is 12.1 Å². The van der Waals surface area contributed by atoms with Crippen LogP contribution in [-0.4, -0.2) is 23.3 Å². The van der Waals surface area contributed by atoms with Crippen LogP contribution in [0.2, 0.25) is 0 Å². The topological polar surface area (TPSA) is 71.1 Å². The van der Waals surface area contributed by atoms with Gasteiger partial charge in [-0.2, -0.15) is 0 Å². The number of amides is 2. The van der Waals surface area contributed by atoms with Gasteiger partial charge in [0.15, 0.2) is 5.13 Å². The zero-order valence-corrected chi connectivity index (χ0v) is 16.2. The number of rotatable bonds is 7. The summed E-state index contributed by atoms with van der Waals surface area (Å²) in [5.41, 5.74) is 2.44. The molecule has 0 aliphatic carbocycles. The third-order valence-corrected chi connectivity index (χ3v) is 4.93. The molecule has 28 heavy (non-hydrogen) atoms. The summed E-state index contributed by atoms with van der Waals surface area (Å²) in [6.07, 6.45) is 0.445. The van der Waals surface area contributed by atoms with Crippen molar-refractivity contribution in [2.24, 2.45) is 0 Å². The average molecular weight is 397 g/mol. The normalized spacial score (nSPS) is 10.5. The Morgan fingerprint density at radius 3 is 2.46 bits per heavy atom. The van der Waals surface area contributed by atoms with Crippen LogP contribution >= 0.6 is 11.3 Å². The Hall–Kier alpha value is -3.06. The van der Waals surface area contributed by atoms with Crippen LogP contribution in [0.15, 0.2) is 54.6 Å². The average Bonchev–Trinajstić information content (AvgIpc) is 3.03. The number of halogens is 1. The fraction of sp³-hybridized carbons (Fsp3) is 0.190. The van der Waals surface area contributed by atoms with Gasteiger partial charge in [-0.3, -0.25) is 9.59 Å². The molecule has 0 radical (unpaired) electrons. The Kier molecular flexibility index (Phi) is 6.49. The zero-order chi connectivity index (χ0) is 19.9. The summed E-state index contributed by atoms with van der Waals surface area (Å²) in [4.78, 5) is 29.4. The lowest BCUT2D eigenvalue weighted by atomic mass is 10.1. The molecule has 3 aromatic rings. The Morgan fingerprint density at radius 1 is 1.04 bits per heavy atom. The molecule has 0 spiro atoms. The molecule has 3 rings (SSSR count). The monoisotopic (exact) mass is 397 g/mol. The molecule has 2 N–H and O–H groups in total. The second kappa shape index (κ2) is 9.23. The molecule has 0 saturated carbocycles. The molecule has 0 unspecified atom stereocenters. The standard InChI is InChI=1S/C21H20FN3O2S/c1-14-20(16-7-9-17(22)10-8-16)25-21(28-14)24-18(26)11-12-23-19(27)13-15-5-3-2-4-6-15/h2-10H,11-13H2,1H3,(H,23,27)(H,24,25,26). The minimum atomic E-state index is -0.306. The minimum absolute atomic E-state index is 0.123. The fourth-order valence-electron chi connectivity index (χ4n) is 2.67. The van der Waals surface area contributed by atoms with Crippen molar-refractivity contribution in [1.29, 1.82) is 0 Å². The van der Waals surface area contributed by atoms with E-state index < -0.39 is 0 Å². The summed E-state index contributed by atoms with van der Waals surface area (Å²) in [6.45, 7) is 2.16. The first-order valence-corrected chi connectivity index (χ1v) is 9.67. The number of nitrogens with zero attached hydrogens (tertiary/aromatic N) is 1. The predicted molar refractivity (Wildman–Crippen MR) is 109 cm³/mol. The maximum Gasteiger partial charge on any atom is 0.227 e. The second-order valence-corrected chi connectivity index (χ2v) is 7.44. The van der Waals surface area contributed by atoms with Crippen molar-refractivity contribution in [1.82, 2.24) is 10.3 Å². The van der Waals surface area contributed by atoms with E-state index in [-0.39, 0.29) is 37.0 Å². The maximum absolute atomic E-state index is 13.1. The molecule has 2 amide bonds. The highest BCUT2D eigenvalue weighted by atomic mass is 32.1. The van der Waals surface area contributed by atoms with Gasteiger partial charge in [0.25, 0.3) is 0 Å². The number of anilines is 1. The van der Waals surface area contributed by atoms with Crippen molar-refractivity contribution in [3.8, 4) is 11.3 Å². The third-order valence-electron chi connectivity index (χ3n) is 4.04. The van der Waals surface area contributed by atoms with E-state index in [1.807, 2.05) is 37.3 Å². The third kappa shape index (κ3) is 5.47. The van der Waals surface area contributed by atoms with Crippen molar-refractivity contribution < 1.29 is 14.0 Å². The van der Waals surface area contributed by atoms with Gasteiger partial charge < -0.3 is 10.6 Å². The van der Waals surface area contributed by atoms with Crippen LogP contribution in [0.5, 0.6) is 0 Å². The Bertz CT molecular complexity index is 956. The van der Waals surface area contributed by atoms with Gasteiger partial charge in [-0.15, -0.1) is 11.3 Å². The highest BCUT2D eigenvalue weighted by Gasteiger charge is 2.12. The second-order valence-electron chi connectivity index (χ2n) is 6.24. The first-order chi connectivity index (χ1) is 13.5. The summed E-state index contributed by atoms with van der Waals surface area (Å²) in [5, 5.41) is 5.98. The number of benzene rings is 2. The molecule has 0 atom stereocenters. The van der Waals surface area contributed by atoms with Crippen LogP contribution in [0.4, 0.5) is 9.52 Å². The minimum Gasteiger partial charge on any atom is -0.355 e. The number of carbonyl (C=O) groups excluding carboxylic acids is 2. The highest BCUT2D eigenvalue weighted by Crippen LogP contribution is 2.30. The van der Waals surface area contributed by atoms with E-state index in [1.54, 1.807) is 12.1 Å². The van der Waals surface area contributed by atoms with Gasteiger partial charge >= 0.3 is 0 Å². The van der Waals surface area contributed by atoms with Gasteiger partial charge in [0.1, 0.15) is 5.82 Å². The number of nitrogens with one attached hydrogen (secondary N) is 2. The summed E-state index contributed by atoms with van der Waals surface area (Å²) in [6, 6.07) is 15.5. The van der Waals surface area contributed by atoms with Crippen LogP contribution in [0, 0.1) is 12.7 Å². The van der Waals surface area contributed by atoms with E-state index in [4.69, 9.17) is 0 Å². The predicted octanol–water partition coefficient (Wildman–Crippen LogP) is 3.95. The Balaban J connectivity index is 1.48. The van der Waals surface area contributed by atoms with Crippen molar-refractivity contribution in [3.63, 3.8) is 0 Å². The molecule has 7 heteroatoms. The van der Waals surface area contributed by atoms with Crippen LogP contribution in [-0.2, 0) is 16.0 Å². The quantitative estimate of drug-likeness (QED) is 0.634. The number of aromatic nitrogens is 1. The number of hydrogen-bond acceptors (Lipinski definition) is 4. The van der Waals surface area contributed by atoms with E-state index in [0.29, 0.717) is 5.13 Å². The zero-order valence-electron chi connectivity index (χ0n) is 15.4. The Morgan fingerprint density at radius 2 is 1.75 bits per heavy atom. The summed E-state index contributed by atoms with van der Waals surface area (Å²) < 4.78 is 13.1. The Labute approximate surface area is 166 Å². The highest BCUT2D eigenvalue weighted by molar-refractivity contribution is 7.16. The van der Waals surface area contributed by atoms with Crippen LogP contribution in [0.3, 0.4) is 0 Å². The molecule has 0 aliphatic rings. The van der Waals surface area contributed by atoms with Gasteiger partial charge in [0, 0.05) is 23.4 Å². The SMILES string of the molecule is Cc1sc(NC(=O)CCNC(=O)Cc2ccccc2)nc1-c1ccc(F)cc1. The molecule has 5 nitrogen and oxygen atoms in total. The number of hydrogen-bond donors (Lipinski definition) is 2. The smallest absolute Gasteiger partial charge is 0.227 e. The van der Waals surface area contributed by atoms with Gasteiger partial charge in [0.2, 0.25) is 11.8 Å². The fourth-order valence-corrected chi connectivity index (χ4v) is 3.52. The maximum atomic E-state index is 13.1. The molecule has 0 bridgehead atoms. The molecule has 1 aromatic heterocycles. The lowest BCUT2D eigenvalue weighted by Gasteiger charge is -2.05. The molecule has 1 heterocycles. The van der Waals surface area contributed by atoms with Gasteiger partial charge in [-0.1, -0.05) is 30.3 Å². The molecule has 144 valence electrons. The van der Waals surface area contributed by atoms with E-state index in [2.05, 4.69) is 15.6 Å². The summed E-state index contributed by atoms with van der Waals surface area (Å²) >= 11 is 1.36. The lowest BCUT2D eigenvalue weighted by molar-refractivity contribution is -0.120. The molecular weight excluding hydrogens is 377 g/mol. The molecular formula is C21H20FN3O2S. The molecule has 0 saturated heterocycles. The summed E-state index contributed by atoms with van der Waals surface area (Å²) in [7, 11) is 0. The van der Waals surface area contributed by atoms with E-state index in [1.165, 1.54) is 23.5 Å². The number of thiazole rings is 1. The summed E-state index contributed by atoms with van der Waals surface area (Å²) in [5.74, 6) is -0.651. The van der Waals surface area contributed by atoms with Crippen LogP contribution in [0.25, 0.3) is 11.3 Å². The first-order valence-electron chi connectivity index (χ1n) is 8.85. The largest absolute Gasteiger partial charge is 0.355 e. The van der Waals surface area contributed by atoms with Crippen molar-refractivity contribution in [3.05, 3.63) is 70.9 Å². The van der Waals surface area contributed by atoms with Gasteiger partial charge in [-0.25, -0.2) is 9.37 Å². The van der Waals surface area contributed by atoms with E-state index in [9.17, 15) is 14.0 Å². The lowest BCUT2D eigenvalue weighted by Crippen LogP contribution is -2.28. The van der Waals surface area contributed by atoms with E-state index >= 15 is 0 Å². The van der Waals surface area contributed by atoms with Crippen molar-refractivity contribution in [2.75, 3.05) is 11.9 Å². The molecule has 2 aromatic carbocycles. The van der Waals surface area contributed by atoms with Crippen LogP contribution < -0.4 is 10.6 Å². The first kappa shape index (κ1) is 19.7. The van der Waals surface area contributed by atoms with E-state index in [0.717, 1.165) is 21.7 Å². The van der Waals surface area contributed by atoms with Crippen LogP contribution in [0.1, 0.15) is 16.9 Å². The molecule has 0 aliphatic heterocycles. The van der Waals surface area contributed by atoms with Gasteiger partial charge in [-0.05, 0) is 36.8 Å². The number of aryl methyl sites for hydroxylation is 1. The van der Waals surface area contributed by atoms with Crippen molar-refractivity contribution >= 4 is 28.3 Å².